The molecule has 2 aromatic rings. The van der Waals surface area contributed by atoms with E-state index in [0.29, 0.717) is 24.9 Å². The number of piperidine rings is 1. The Kier molecular flexibility index (Phi) is 8.34. The number of likely N-dealkylation sites (tertiary alicyclic amines) is 1. The smallest absolute Gasteiger partial charge is 0.236 e. The molecule has 0 saturated carbocycles. The first kappa shape index (κ1) is 24.8. The Hall–Kier alpha value is -2.29. The summed E-state index contributed by atoms with van der Waals surface area (Å²) in [5.41, 5.74) is 0.863. The van der Waals surface area contributed by atoms with Crippen molar-refractivity contribution in [2.24, 2.45) is 11.8 Å². The Balaban J connectivity index is 1.26. The molecule has 4 rings (SSSR count). The fraction of sp³-hybridized carbons (Fsp3) is 0.538. The molecule has 0 unspecified atom stereocenters. The molecule has 2 aliphatic heterocycles. The molecule has 0 spiro atoms. The number of nitrogens with zero attached hydrogens (tertiary/aromatic N) is 3. The average Bonchev–Trinajstić information content (AvgIpc) is 3.33. The molecule has 8 heteroatoms. The van der Waals surface area contributed by atoms with Gasteiger partial charge in [-0.15, -0.1) is 11.3 Å². The van der Waals surface area contributed by atoms with E-state index in [4.69, 9.17) is 0 Å². The van der Waals surface area contributed by atoms with Crippen molar-refractivity contribution in [3.8, 4) is 0 Å². The normalized spacial score (nSPS) is 23.0. The van der Waals surface area contributed by atoms with Crippen LogP contribution in [-0.4, -0.2) is 78.9 Å². The van der Waals surface area contributed by atoms with Crippen molar-refractivity contribution in [3.05, 3.63) is 58.0 Å². The number of rotatable bonds is 7. The van der Waals surface area contributed by atoms with Crippen molar-refractivity contribution in [3.63, 3.8) is 0 Å². The highest BCUT2D eigenvalue weighted by Crippen LogP contribution is 2.26. The lowest BCUT2D eigenvalue weighted by Gasteiger charge is -2.38. The van der Waals surface area contributed by atoms with Gasteiger partial charge in [0.15, 0.2) is 0 Å². The van der Waals surface area contributed by atoms with Crippen LogP contribution in [0.1, 0.15) is 36.8 Å². The molecule has 6 nitrogen and oxygen atoms in total. The van der Waals surface area contributed by atoms with Crippen LogP contribution in [0.5, 0.6) is 0 Å². The standard InChI is InChI=1S/C26H35FN4O2S/c1-19-14-20(2)16-31(15-19)25(33)18-30-11-9-29(10-12-30)17-24(32)28-26(23-4-3-13-34-23)21-5-7-22(27)8-6-21/h3-8,13,19-20,26H,9-12,14-18H2,1-2H3,(H,28,32)/t19-,20-,26+/m1/s1. The number of hydrogen-bond acceptors (Lipinski definition) is 5. The molecule has 1 aromatic heterocycles. The first-order valence-electron chi connectivity index (χ1n) is 12.2. The molecule has 2 amide bonds. The molecule has 3 atom stereocenters. The summed E-state index contributed by atoms with van der Waals surface area (Å²) < 4.78 is 13.4. The summed E-state index contributed by atoms with van der Waals surface area (Å²) in [6, 6.07) is 9.94. The predicted octanol–water partition coefficient (Wildman–Crippen LogP) is 3.21. The minimum atomic E-state index is -0.291. The van der Waals surface area contributed by atoms with Crippen molar-refractivity contribution in [1.29, 1.82) is 0 Å². The molecule has 0 bridgehead atoms. The van der Waals surface area contributed by atoms with Gasteiger partial charge in [-0.25, -0.2) is 4.39 Å². The van der Waals surface area contributed by atoms with E-state index in [1.807, 2.05) is 22.4 Å². The highest BCUT2D eigenvalue weighted by Gasteiger charge is 2.28. The highest BCUT2D eigenvalue weighted by atomic mass is 32.1. The third-order valence-corrected chi connectivity index (χ3v) is 7.69. The van der Waals surface area contributed by atoms with E-state index in [1.165, 1.54) is 18.6 Å². The lowest BCUT2D eigenvalue weighted by atomic mass is 9.92. The average molecular weight is 487 g/mol. The minimum Gasteiger partial charge on any atom is -0.343 e. The molecule has 2 saturated heterocycles. The van der Waals surface area contributed by atoms with Gasteiger partial charge in [0.1, 0.15) is 5.82 Å². The van der Waals surface area contributed by atoms with Crippen LogP contribution in [0.2, 0.25) is 0 Å². The number of amides is 2. The lowest BCUT2D eigenvalue weighted by molar-refractivity contribution is -0.135. The van der Waals surface area contributed by atoms with Crippen LogP contribution in [0.15, 0.2) is 41.8 Å². The number of thiophene rings is 1. The first-order chi connectivity index (χ1) is 16.4. The van der Waals surface area contributed by atoms with Crippen molar-refractivity contribution < 1.29 is 14.0 Å². The molecule has 34 heavy (non-hydrogen) atoms. The molecule has 0 radical (unpaired) electrons. The monoisotopic (exact) mass is 486 g/mol. The Morgan fingerprint density at radius 3 is 2.21 bits per heavy atom. The summed E-state index contributed by atoms with van der Waals surface area (Å²) >= 11 is 1.57. The minimum absolute atomic E-state index is 0.0523. The van der Waals surface area contributed by atoms with Gasteiger partial charge >= 0.3 is 0 Å². The Morgan fingerprint density at radius 1 is 1.00 bits per heavy atom. The Bertz CT molecular complexity index is 934. The maximum atomic E-state index is 13.4. The molecule has 2 aliphatic rings. The van der Waals surface area contributed by atoms with Gasteiger partial charge in [-0.2, -0.15) is 0 Å². The number of carbonyl (C=O) groups excluding carboxylic acids is 2. The van der Waals surface area contributed by atoms with Gasteiger partial charge < -0.3 is 10.2 Å². The van der Waals surface area contributed by atoms with Crippen LogP contribution in [0.3, 0.4) is 0 Å². The van der Waals surface area contributed by atoms with E-state index >= 15 is 0 Å². The van der Waals surface area contributed by atoms with Gasteiger partial charge in [0, 0.05) is 44.1 Å². The van der Waals surface area contributed by atoms with Crippen LogP contribution >= 0.6 is 11.3 Å². The van der Waals surface area contributed by atoms with E-state index in [0.717, 1.165) is 49.7 Å². The molecular weight excluding hydrogens is 451 g/mol. The van der Waals surface area contributed by atoms with Gasteiger partial charge in [0.05, 0.1) is 19.1 Å². The maximum absolute atomic E-state index is 13.4. The van der Waals surface area contributed by atoms with Gasteiger partial charge in [-0.1, -0.05) is 32.0 Å². The SMILES string of the molecule is C[C@@H]1C[C@@H](C)CN(C(=O)CN2CCN(CC(=O)N[C@@H](c3ccc(F)cc3)c3cccs3)CC2)C1. The zero-order valence-corrected chi connectivity index (χ0v) is 20.9. The number of benzene rings is 1. The van der Waals surface area contributed by atoms with E-state index in [9.17, 15) is 14.0 Å². The summed E-state index contributed by atoms with van der Waals surface area (Å²) in [6.45, 7) is 10.0. The summed E-state index contributed by atoms with van der Waals surface area (Å²) in [4.78, 5) is 33.1. The fourth-order valence-corrected chi connectivity index (χ4v) is 5.91. The van der Waals surface area contributed by atoms with Crippen LogP contribution in [-0.2, 0) is 9.59 Å². The highest BCUT2D eigenvalue weighted by molar-refractivity contribution is 7.10. The lowest BCUT2D eigenvalue weighted by Crippen LogP contribution is -2.53. The second-order valence-electron chi connectivity index (χ2n) is 9.86. The van der Waals surface area contributed by atoms with E-state index < -0.39 is 0 Å². The number of halogens is 1. The Labute approximate surface area is 205 Å². The molecule has 184 valence electrons. The Morgan fingerprint density at radius 2 is 1.62 bits per heavy atom. The molecule has 0 aliphatic carbocycles. The maximum Gasteiger partial charge on any atom is 0.236 e. The quantitative estimate of drug-likeness (QED) is 0.653. The summed E-state index contributed by atoms with van der Waals surface area (Å²) in [5.74, 6) is 1.01. The fourth-order valence-electron chi connectivity index (χ4n) is 5.10. The summed E-state index contributed by atoms with van der Waals surface area (Å²) in [7, 11) is 0. The van der Waals surface area contributed by atoms with Gasteiger partial charge in [-0.3, -0.25) is 19.4 Å². The molecule has 1 aromatic carbocycles. The van der Waals surface area contributed by atoms with E-state index in [2.05, 4.69) is 29.0 Å². The number of hydrogen-bond donors (Lipinski definition) is 1. The molecule has 1 N–H and O–H groups in total. The zero-order valence-electron chi connectivity index (χ0n) is 20.1. The summed E-state index contributed by atoms with van der Waals surface area (Å²) in [5, 5.41) is 5.11. The first-order valence-corrected chi connectivity index (χ1v) is 13.1. The largest absolute Gasteiger partial charge is 0.343 e. The van der Waals surface area contributed by atoms with Crippen LogP contribution in [0.25, 0.3) is 0 Å². The van der Waals surface area contributed by atoms with Crippen LogP contribution in [0.4, 0.5) is 4.39 Å². The van der Waals surface area contributed by atoms with Crippen molar-refractivity contribution in [1.82, 2.24) is 20.0 Å². The second-order valence-corrected chi connectivity index (χ2v) is 10.8. The topological polar surface area (TPSA) is 55.9 Å². The summed E-state index contributed by atoms with van der Waals surface area (Å²) in [6.07, 6.45) is 1.19. The van der Waals surface area contributed by atoms with Crippen molar-refractivity contribution in [2.75, 3.05) is 52.4 Å². The molecular formula is C26H35FN4O2S. The molecule has 3 heterocycles. The van der Waals surface area contributed by atoms with Crippen molar-refractivity contribution >= 4 is 23.2 Å². The van der Waals surface area contributed by atoms with Gasteiger partial charge in [0.25, 0.3) is 0 Å². The molecule has 2 fully saturated rings. The number of piperazine rings is 1. The van der Waals surface area contributed by atoms with Crippen molar-refractivity contribution in [2.45, 2.75) is 26.3 Å². The number of nitrogens with one attached hydrogen (secondary N) is 1. The van der Waals surface area contributed by atoms with Gasteiger partial charge in [0.2, 0.25) is 11.8 Å². The third kappa shape index (κ3) is 6.64. The van der Waals surface area contributed by atoms with Crippen LogP contribution < -0.4 is 5.32 Å². The zero-order chi connectivity index (χ0) is 24.1. The third-order valence-electron chi connectivity index (χ3n) is 6.75. The van der Waals surface area contributed by atoms with Gasteiger partial charge in [-0.05, 0) is 47.4 Å². The van der Waals surface area contributed by atoms with E-state index in [1.54, 1.807) is 23.5 Å². The number of carbonyl (C=O) groups is 2. The van der Waals surface area contributed by atoms with E-state index in [-0.39, 0.29) is 23.7 Å². The second kappa shape index (κ2) is 11.4. The van der Waals surface area contributed by atoms with Crippen LogP contribution in [0, 0.1) is 17.7 Å². The predicted molar refractivity (Wildman–Crippen MR) is 133 cm³/mol.